The van der Waals surface area contributed by atoms with Gasteiger partial charge in [-0.25, -0.2) is 14.7 Å². The maximum Gasteiger partial charge on any atom is 0.335 e. The number of hydrogen-bond acceptors (Lipinski definition) is 5. The highest BCUT2D eigenvalue weighted by molar-refractivity contribution is 7.16. The van der Waals surface area contributed by atoms with Crippen LogP contribution in [0.2, 0.25) is 10.0 Å². The van der Waals surface area contributed by atoms with Crippen molar-refractivity contribution >= 4 is 55.9 Å². The van der Waals surface area contributed by atoms with Gasteiger partial charge in [-0.05, 0) is 36.4 Å². The fourth-order valence-electron chi connectivity index (χ4n) is 3.25. The molecule has 0 saturated heterocycles. The molecule has 1 aliphatic heterocycles. The second-order valence-electron chi connectivity index (χ2n) is 6.49. The van der Waals surface area contributed by atoms with Crippen molar-refractivity contribution in [2.24, 2.45) is 0 Å². The molecule has 10 heteroatoms. The first-order valence-electron chi connectivity index (χ1n) is 8.86. The fraction of sp³-hybridized carbons (Fsp3) is 0.0476. The van der Waals surface area contributed by atoms with Crippen molar-refractivity contribution in [2.75, 3.05) is 11.2 Å². The molecule has 2 heterocycles. The van der Waals surface area contributed by atoms with Crippen molar-refractivity contribution in [1.82, 2.24) is 4.98 Å². The molecule has 1 aliphatic rings. The molecule has 2 amide bonds. The van der Waals surface area contributed by atoms with Gasteiger partial charge in [-0.15, -0.1) is 0 Å². The number of carbonyl (C=O) groups excluding carboxylic acids is 2. The number of anilines is 1. The number of hydrogen-bond donors (Lipinski definition) is 1. The minimum Gasteiger partial charge on any atom is -0.478 e. The van der Waals surface area contributed by atoms with E-state index in [2.05, 4.69) is 14.2 Å². The largest absolute Gasteiger partial charge is 0.478 e. The number of fused-ring (bicyclic) bond motifs is 1. The minimum atomic E-state index is -1.20. The summed E-state index contributed by atoms with van der Waals surface area (Å²) in [6.07, 6.45) is 1.68. The van der Waals surface area contributed by atoms with Gasteiger partial charge in [0.2, 0.25) is 5.88 Å². The van der Waals surface area contributed by atoms with Gasteiger partial charge >= 0.3 is 5.97 Å². The Balaban J connectivity index is 1.85. The summed E-state index contributed by atoms with van der Waals surface area (Å²) in [5.74, 6) is -2.41. The van der Waals surface area contributed by atoms with Crippen molar-refractivity contribution in [3.8, 4) is 17.0 Å². The van der Waals surface area contributed by atoms with E-state index in [1.54, 1.807) is 24.3 Å². The van der Waals surface area contributed by atoms with E-state index in [1.165, 1.54) is 24.4 Å². The van der Waals surface area contributed by atoms with Crippen LogP contribution < -0.4 is 9.64 Å². The smallest absolute Gasteiger partial charge is 0.335 e. The lowest BCUT2D eigenvalue weighted by atomic mass is 10.1. The monoisotopic (exact) mass is 474 g/mol. The number of carboxylic acid groups (broad SMARTS) is 1. The number of benzene rings is 2. The number of ether oxygens (including phenoxy) is 1. The van der Waals surface area contributed by atoms with Crippen LogP contribution in [0, 0.1) is 0 Å². The Morgan fingerprint density at radius 2 is 1.74 bits per heavy atom. The maximum absolute atomic E-state index is 13.1. The normalized spacial score (nSPS) is 12.8. The van der Waals surface area contributed by atoms with Gasteiger partial charge in [0, 0.05) is 27.4 Å². The molecule has 1 N–H and O–H groups in total. The molecule has 0 spiro atoms. The van der Waals surface area contributed by atoms with Gasteiger partial charge in [0.25, 0.3) is 11.8 Å². The molecule has 0 radical (unpaired) electrons. The van der Waals surface area contributed by atoms with Crippen LogP contribution in [0.5, 0.6) is 5.88 Å². The highest BCUT2D eigenvalue weighted by Crippen LogP contribution is 2.38. The van der Waals surface area contributed by atoms with Gasteiger partial charge in [0.05, 0.1) is 16.7 Å². The quantitative estimate of drug-likeness (QED) is 0.422. The number of carbonyl (C=O) groups is 3. The van der Waals surface area contributed by atoms with Crippen LogP contribution in [0.25, 0.3) is 11.1 Å². The summed E-state index contributed by atoms with van der Waals surface area (Å²) in [4.78, 5) is 42.6. The Bertz CT molecular complexity index is 1260. The average molecular weight is 475 g/mol. The van der Waals surface area contributed by atoms with Gasteiger partial charge in [0.15, 0.2) is 0 Å². The predicted molar refractivity (Wildman–Crippen MR) is 119 cm³/mol. The van der Waals surface area contributed by atoms with Crippen molar-refractivity contribution in [3.05, 3.63) is 75.4 Å². The lowest BCUT2D eigenvalue weighted by molar-refractivity contribution is 0.0696. The molecule has 0 saturated carbocycles. The third-order valence-corrected chi connectivity index (χ3v) is 5.38. The van der Waals surface area contributed by atoms with E-state index in [9.17, 15) is 19.5 Å². The number of nitrogens with zero attached hydrogens (tertiary/aromatic N) is 2. The summed E-state index contributed by atoms with van der Waals surface area (Å²) in [5, 5.41) is 10.0. The van der Waals surface area contributed by atoms with E-state index in [0.29, 0.717) is 21.2 Å². The van der Waals surface area contributed by atoms with Gasteiger partial charge < -0.3 is 9.84 Å². The second-order valence-corrected chi connectivity index (χ2v) is 7.67. The number of amides is 2. The Morgan fingerprint density at radius 1 is 1.03 bits per heavy atom. The molecule has 1 atom stereocenters. The zero-order chi connectivity index (χ0) is 22.3. The third kappa shape index (κ3) is 3.76. The Labute approximate surface area is 188 Å². The molecule has 2 aromatic carbocycles. The highest BCUT2D eigenvalue weighted by atomic mass is 35.5. The zero-order valence-corrected chi connectivity index (χ0v) is 18.3. The molecule has 0 fully saturated rings. The Kier molecular flexibility index (Phi) is 5.67. The number of rotatable bonds is 5. The van der Waals surface area contributed by atoms with E-state index in [4.69, 9.17) is 27.9 Å². The highest BCUT2D eigenvalue weighted by Gasteiger charge is 2.39. The molecule has 7 nitrogen and oxygen atoms in total. The first-order chi connectivity index (χ1) is 14.8. The summed E-state index contributed by atoms with van der Waals surface area (Å²) in [7, 11) is 2.37. The molecule has 156 valence electrons. The number of halogens is 2. The maximum atomic E-state index is 13.1. The summed E-state index contributed by atoms with van der Waals surface area (Å²) in [5.41, 5.74) is 1.26. The van der Waals surface area contributed by atoms with E-state index in [1.807, 2.05) is 0 Å². The molecule has 31 heavy (non-hydrogen) atoms. The SMILES string of the molecule is O=C(O)c1ccc2c(c1)C(=O)N(c1cc(-c3ccc(Cl)cc3Cl)cnc1OCP)C2=O. The Morgan fingerprint density at radius 3 is 2.42 bits per heavy atom. The summed E-state index contributed by atoms with van der Waals surface area (Å²) < 4.78 is 5.50. The van der Waals surface area contributed by atoms with Crippen LogP contribution >= 0.6 is 32.4 Å². The molecule has 0 aliphatic carbocycles. The first-order valence-corrected chi connectivity index (χ1v) is 10.4. The van der Waals surface area contributed by atoms with Crippen molar-refractivity contribution < 1.29 is 24.2 Å². The number of carboxylic acids is 1. The van der Waals surface area contributed by atoms with Gasteiger partial charge in [0.1, 0.15) is 12.0 Å². The summed E-state index contributed by atoms with van der Waals surface area (Å²) in [6.45, 7) is 0. The molecule has 4 rings (SSSR count). The van der Waals surface area contributed by atoms with Crippen molar-refractivity contribution in [1.29, 1.82) is 0 Å². The number of aromatic nitrogens is 1. The fourth-order valence-corrected chi connectivity index (χ4v) is 3.93. The van der Waals surface area contributed by atoms with Gasteiger partial charge in [-0.1, -0.05) is 38.5 Å². The zero-order valence-electron chi connectivity index (χ0n) is 15.6. The molecule has 0 bridgehead atoms. The molecular weight excluding hydrogens is 462 g/mol. The van der Waals surface area contributed by atoms with Crippen LogP contribution in [0.3, 0.4) is 0 Å². The minimum absolute atomic E-state index is 0.00310. The van der Waals surface area contributed by atoms with E-state index in [0.717, 1.165) is 4.90 Å². The Hall–Kier alpha value is -2.99. The van der Waals surface area contributed by atoms with Crippen LogP contribution in [-0.2, 0) is 0 Å². The molecular formula is C21H13Cl2N2O5P. The van der Waals surface area contributed by atoms with Gasteiger partial charge in [-0.2, -0.15) is 0 Å². The van der Waals surface area contributed by atoms with Crippen LogP contribution in [-0.4, -0.2) is 34.2 Å². The third-order valence-electron chi connectivity index (χ3n) is 4.67. The van der Waals surface area contributed by atoms with Crippen LogP contribution in [0.1, 0.15) is 31.1 Å². The van der Waals surface area contributed by atoms with Crippen LogP contribution in [0.15, 0.2) is 48.7 Å². The standard InChI is InChI=1S/C21H13Cl2N2O5P/c22-12-2-4-13(16(23)7-12)11-6-17(18(24-8-11)30-9-31)25-19(26)14-3-1-10(21(28)29)5-15(14)20(25)27/h1-8H,9,31H2,(H,28,29). The topological polar surface area (TPSA) is 96.8 Å². The lowest BCUT2D eigenvalue weighted by Crippen LogP contribution is -2.30. The lowest BCUT2D eigenvalue weighted by Gasteiger charge is -2.18. The van der Waals surface area contributed by atoms with Crippen molar-refractivity contribution in [3.63, 3.8) is 0 Å². The summed E-state index contributed by atoms with van der Waals surface area (Å²) >= 11 is 12.3. The molecule has 3 aromatic rings. The van der Waals surface area contributed by atoms with E-state index < -0.39 is 17.8 Å². The van der Waals surface area contributed by atoms with Crippen molar-refractivity contribution in [2.45, 2.75) is 0 Å². The molecule has 1 unspecified atom stereocenters. The van der Waals surface area contributed by atoms with E-state index >= 15 is 0 Å². The number of imide groups is 1. The number of pyridine rings is 1. The summed E-state index contributed by atoms with van der Waals surface area (Å²) in [6, 6.07) is 10.3. The van der Waals surface area contributed by atoms with E-state index in [-0.39, 0.29) is 34.6 Å². The molecule has 1 aromatic heterocycles. The average Bonchev–Trinajstić information content (AvgIpc) is 2.98. The number of aromatic carboxylic acids is 1. The van der Waals surface area contributed by atoms with Gasteiger partial charge in [-0.3, -0.25) is 9.59 Å². The predicted octanol–water partition coefficient (Wildman–Crippen LogP) is 4.77. The second kappa shape index (κ2) is 8.27. The van der Waals surface area contributed by atoms with Crippen LogP contribution in [0.4, 0.5) is 5.69 Å². The first kappa shape index (κ1) is 21.2.